The third-order valence-electron chi connectivity index (χ3n) is 5.24. The number of carbonyl (C=O) groups is 1. The van der Waals surface area contributed by atoms with Crippen molar-refractivity contribution in [1.82, 2.24) is 19.8 Å². The van der Waals surface area contributed by atoms with Crippen molar-refractivity contribution >= 4 is 15.9 Å². The van der Waals surface area contributed by atoms with Crippen LogP contribution >= 0.6 is 0 Å². The van der Waals surface area contributed by atoms with Crippen molar-refractivity contribution in [3.8, 4) is 0 Å². The number of hydrogen-bond acceptors (Lipinski definition) is 5. The van der Waals surface area contributed by atoms with E-state index in [-0.39, 0.29) is 29.4 Å². The van der Waals surface area contributed by atoms with E-state index in [1.54, 1.807) is 15.5 Å². The molecule has 0 radical (unpaired) electrons. The molecule has 1 atom stereocenters. The zero-order chi connectivity index (χ0) is 22.4. The zero-order valence-corrected chi connectivity index (χ0v) is 18.7. The molecule has 2 aromatic rings. The SMILES string of the molecule is CCNC(=O)N(CC)Cc1cnc(S(=O)(=O)Cc2ccccc2F)n1C[C@H]1CCCO1. The normalized spacial score (nSPS) is 16.4. The molecular weight excluding hydrogens is 423 g/mol. The fourth-order valence-corrected chi connectivity index (χ4v) is 5.14. The number of imidazole rings is 1. The number of rotatable bonds is 9. The van der Waals surface area contributed by atoms with E-state index >= 15 is 0 Å². The van der Waals surface area contributed by atoms with Gasteiger partial charge >= 0.3 is 6.03 Å². The summed E-state index contributed by atoms with van der Waals surface area (Å²) < 4.78 is 47.7. The van der Waals surface area contributed by atoms with Gasteiger partial charge in [0.05, 0.1) is 36.8 Å². The lowest BCUT2D eigenvalue weighted by atomic mass is 10.2. The highest BCUT2D eigenvalue weighted by Gasteiger charge is 2.28. The van der Waals surface area contributed by atoms with Gasteiger partial charge in [0.15, 0.2) is 0 Å². The number of hydrogen-bond donors (Lipinski definition) is 1. The second-order valence-electron chi connectivity index (χ2n) is 7.48. The van der Waals surface area contributed by atoms with E-state index in [4.69, 9.17) is 4.74 Å². The lowest BCUT2D eigenvalue weighted by molar-refractivity contribution is 0.0935. The molecule has 0 spiro atoms. The molecule has 1 aliphatic rings. The largest absolute Gasteiger partial charge is 0.376 e. The van der Waals surface area contributed by atoms with Crippen LogP contribution in [0.4, 0.5) is 9.18 Å². The highest BCUT2D eigenvalue weighted by Crippen LogP contribution is 2.23. The molecule has 0 unspecified atom stereocenters. The minimum atomic E-state index is -3.92. The van der Waals surface area contributed by atoms with Crippen LogP contribution in [0.15, 0.2) is 35.6 Å². The second-order valence-corrected chi connectivity index (χ2v) is 9.36. The summed E-state index contributed by atoms with van der Waals surface area (Å²) in [6.07, 6.45) is 3.07. The summed E-state index contributed by atoms with van der Waals surface area (Å²) in [5.74, 6) is -1.06. The first-order valence-corrected chi connectivity index (χ1v) is 12.2. The number of amides is 2. The van der Waals surface area contributed by atoms with Crippen LogP contribution in [0.1, 0.15) is 37.9 Å². The van der Waals surface area contributed by atoms with Crippen LogP contribution in [0, 0.1) is 5.82 Å². The van der Waals surface area contributed by atoms with E-state index < -0.39 is 21.4 Å². The Morgan fingerprint density at radius 2 is 2.13 bits per heavy atom. The van der Waals surface area contributed by atoms with Gasteiger partial charge in [0.1, 0.15) is 5.82 Å². The summed E-state index contributed by atoms with van der Waals surface area (Å²) in [5, 5.41) is 2.63. The lowest BCUT2D eigenvalue weighted by Crippen LogP contribution is -2.39. The molecule has 2 heterocycles. The number of nitrogens with one attached hydrogen (secondary N) is 1. The fourth-order valence-electron chi connectivity index (χ4n) is 3.62. The van der Waals surface area contributed by atoms with Crippen molar-refractivity contribution in [2.75, 3.05) is 19.7 Å². The number of aromatic nitrogens is 2. The molecule has 0 bridgehead atoms. The van der Waals surface area contributed by atoms with Crippen LogP contribution in [0.3, 0.4) is 0 Å². The number of ether oxygens (including phenoxy) is 1. The number of benzene rings is 1. The number of urea groups is 1. The van der Waals surface area contributed by atoms with Crippen LogP contribution in [0.5, 0.6) is 0 Å². The average Bonchev–Trinajstić information content (AvgIpc) is 3.38. The topological polar surface area (TPSA) is 93.5 Å². The van der Waals surface area contributed by atoms with Crippen LogP contribution < -0.4 is 5.32 Å². The molecule has 1 aliphatic heterocycles. The van der Waals surface area contributed by atoms with Crippen LogP contribution in [0.2, 0.25) is 0 Å². The van der Waals surface area contributed by atoms with E-state index in [0.717, 1.165) is 12.8 Å². The molecule has 1 fully saturated rings. The molecular formula is C21H29FN4O4S. The van der Waals surface area contributed by atoms with Crippen molar-refractivity contribution in [2.45, 2.75) is 56.8 Å². The molecule has 0 aliphatic carbocycles. The average molecular weight is 453 g/mol. The van der Waals surface area contributed by atoms with Crippen molar-refractivity contribution in [1.29, 1.82) is 0 Å². The van der Waals surface area contributed by atoms with Gasteiger partial charge in [-0.15, -0.1) is 0 Å². The number of sulfone groups is 1. The summed E-state index contributed by atoms with van der Waals surface area (Å²) in [5.41, 5.74) is 0.684. The highest BCUT2D eigenvalue weighted by molar-refractivity contribution is 7.90. The maximum absolute atomic E-state index is 14.1. The molecule has 170 valence electrons. The van der Waals surface area contributed by atoms with Gasteiger partial charge in [-0.2, -0.15) is 0 Å². The minimum absolute atomic E-state index is 0.0909. The number of halogens is 1. The summed E-state index contributed by atoms with van der Waals surface area (Å²) in [4.78, 5) is 18.1. The summed E-state index contributed by atoms with van der Waals surface area (Å²) >= 11 is 0. The number of nitrogens with zero attached hydrogens (tertiary/aromatic N) is 3. The second kappa shape index (κ2) is 10.2. The Morgan fingerprint density at radius 3 is 2.77 bits per heavy atom. The summed E-state index contributed by atoms with van der Waals surface area (Å²) in [6, 6.07) is 5.58. The Hall–Kier alpha value is -2.46. The molecule has 10 heteroatoms. The van der Waals surface area contributed by atoms with Gasteiger partial charge in [0, 0.05) is 25.3 Å². The van der Waals surface area contributed by atoms with Gasteiger partial charge in [-0.25, -0.2) is 22.6 Å². The third-order valence-corrected chi connectivity index (χ3v) is 6.82. The first-order chi connectivity index (χ1) is 14.9. The van der Waals surface area contributed by atoms with E-state index in [2.05, 4.69) is 10.3 Å². The predicted octanol–water partition coefficient (Wildman–Crippen LogP) is 2.73. The summed E-state index contributed by atoms with van der Waals surface area (Å²) in [7, 11) is -3.92. The zero-order valence-electron chi connectivity index (χ0n) is 17.9. The number of carbonyl (C=O) groups excluding carboxylic acids is 1. The Kier molecular flexibility index (Phi) is 7.66. The monoisotopic (exact) mass is 452 g/mol. The maximum atomic E-state index is 14.1. The van der Waals surface area contributed by atoms with Crippen molar-refractivity contribution in [3.05, 3.63) is 47.5 Å². The molecule has 31 heavy (non-hydrogen) atoms. The van der Waals surface area contributed by atoms with E-state index in [9.17, 15) is 17.6 Å². The van der Waals surface area contributed by atoms with Gasteiger partial charge in [-0.3, -0.25) is 0 Å². The Labute approximate surface area is 182 Å². The molecule has 8 nitrogen and oxygen atoms in total. The van der Waals surface area contributed by atoms with Gasteiger partial charge < -0.3 is 19.5 Å². The van der Waals surface area contributed by atoms with Crippen molar-refractivity contribution in [3.63, 3.8) is 0 Å². The Balaban J connectivity index is 1.93. The van der Waals surface area contributed by atoms with Gasteiger partial charge in [0.25, 0.3) is 0 Å². The Bertz CT molecular complexity index is 1000. The van der Waals surface area contributed by atoms with Crippen LogP contribution in [0.25, 0.3) is 0 Å². The quantitative estimate of drug-likeness (QED) is 0.631. The molecule has 1 N–H and O–H groups in total. The molecule has 1 aromatic heterocycles. The van der Waals surface area contributed by atoms with Crippen LogP contribution in [-0.4, -0.2) is 54.7 Å². The standard InChI is InChI=1S/C21H29FN4O4S/c1-3-23-20(27)25(4-2)13-17-12-24-21(26(17)14-18-9-7-11-30-18)31(28,29)15-16-8-5-6-10-19(16)22/h5-6,8,10,12,18H,3-4,7,9,11,13-15H2,1-2H3,(H,23,27)/t18-/m1/s1. The molecule has 3 rings (SSSR count). The smallest absolute Gasteiger partial charge is 0.317 e. The van der Waals surface area contributed by atoms with E-state index in [1.165, 1.54) is 24.4 Å². The predicted molar refractivity (Wildman–Crippen MR) is 114 cm³/mol. The highest BCUT2D eigenvalue weighted by atomic mass is 32.2. The first kappa shape index (κ1) is 23.2. The fraction of sp³-hybridized carbons (Fsp3) is 0.524. The van der Waals surface area contributed by atoms with Gasteiger partial charge in [0.2, 0.25) is 15.0 Å². The molecule has 1 aromatic carbocycles. The maximum Gasteiger partial charge on any atom is 0.317 e. The minimum Gasteiger partial charge on any atom is -0.376 e. The molecule has 1 saturated heterocycles. The van der Waals surface area contributed by atoms with Crippen LogP contribution in [-0.2, 0) is 33.4 Å². The molecule has 2 amide bonds. The van der Waals surface area contributed by atoms with Gasteiger partial charge in [-0.05, 0) is 32.8 Å². The molecule has 0 saturated carbocycles. The lowest BCUT2D eigenvalue weighted by Gasteiger charge is -2.23. The Morgan fingerprint density at radius 1 is 1.35 bits per heavy atom. The summed E-state index contributed by atoms with van der Waals surface area (Å²) in [6.45, 7) is 5.78. The van der Waals surface area contributed by atoms with Gasteiger partial charge in [-0.1, -0.05) is 18.2 Å². The van der Waals surface area contributed by atoms with E-state index in [1.807, 2.05) is 13.8 Å². The van der Waals surface area contributed by atoms with Crippen molar-refractivity contribution < 1.29 is 22.3 Å². The first-order valence-electron chi connectivity index (χ1n) is 10.5. The van der Waals surface area contributed by atoms with Crippen molar-refractivity contribution in [2.24, 2.45) is 0 Å². The van der Waals surface area contributed by atoms with E-state index in [0.29, 0.717) is 31.9 Å². The third kappa shape index (κ3) is 5.62.